The molecule has 47 heavy (non-hydrogen) atoms. The lowest BCUT2D eigenvalue weighted by atomic mass is 9.68. The molecule has 5 heterocycles. The molecule has 2 aromatic heterocycles. The minimum atomic E-state index is -2.66. The average Bonchev–Trinajstić information content (AvgIpc) is 3.32. The second-order valence-electron chi connectivity index (χ2n) is 15.9. The Hall–Kier alpha value is -2.31. The molecule has 11 heteroatoms. The highest BCUT2D eigenvalue weighted by atomic mass is 28.4. The van der Waals surface area contributed by atoms with E-state index in [-0.39, 0.29) is 28.7 Å². The van der Waals surface area contributed by atoms with E-state index in [4.69, 9.17) is 28.4 Å². The number of nitrogens with zero attached hydrogens (tertiary/aromatic N) is 2. The molecule has 3 atom stereocenters. The first-order valence-electron chi connectivity index (χ1n) is 17.0. The van der Waals surface area contributed by atoms with Gasteiger partial charge in [-0.25, -0.2) is 8.78 Å². The number of pyridine rings is 2. The third-order valence-corrected chi connectivity index (χ3v) is 15.6. The van der Waals surface area contributed by atoms with Crippen molar-refractivity contribution in [1.82, 2.24) is 9.97 Å². The molecule has 0 amide bonds. The van der Waals surface area contributed by atoms with Gasteiger partial charge in [0.2, 0.25) is 0 Å². The van der Waals surface area contributed by atoms with Crippen molar-refractivity contribution in [1.29, 1.82) is 0 Å². The van der Waals surface area contributed by atoms with Gasteiger partial charge in [0.05, 0.1) is 23.1 Å². The minimum Gasteiger partial charge on any atom is -0.455 e. The fraction of sp³-hybridized carbons (Fsp3) is 0.694. The Morgan fingerprint density at radius 3 is 2.26 bits per heavy atom. The van der Waals surface area contributed by atoms with Gasteiger partial charge in [0, 0.05) is 80.4 Å². The van der Waals surface area contributed by atoms with Gasteiger partial charge in [-0.3, -0.25) is 14.8 Å². The fourth-order valence-electron chi connectivity index (χ4n) is 7.64. The van der Waals surface area contributed by atoms with E-state index in [1.165, 1.54) is 19.2 Å². The number of halogens is 2. The Labute approximate surface area is 278 Å². The van der Waals surface area contributed by atoms with Gasteiger partial charge >= 0.3 is 5.97 Å². The van der Waals surface area contributed by atoms with Crippen LogP contribution in [0.5, 0.6) is 0 Å². The summed E-state index contributed by atoms with van der Waals surface area (Å²) < 4.78 is 59.6. The van der Waals surface area contributed by atoms with E-state index in [2.05, 4.69) is 52.7 Å². The number of fused-ring (bicyclic) bond motifs is 4. The van der Waals surface area contributed by atoms with Gasteiger partial charge in [-0.05, 0) is 49.0 Å². The lowest BCUT2D eigenvalue weighted by Crippen LogP contribution is -2.46. The fourth-order valence-corrected chi connectivity index (χ4v) is 8.90. The maximum atomic E-state index is 13.6. The zero-order chi connectivity index (χ0) is 33.9. The number of ether oxygens (including phenoxy) is 4. The number of hydrogen-bond donors (Lipinski definition) is 0. The summed E-state index contributed by atoms with van der Waals surface area (Å²) in [5.74, 6) is -0.271. The summed E-state index contributed by atoms with van der Waals surface area (Å²) in [5.41, 5.74) is 3.93. The van der Waals surface area contributed by atoms with Crippen LogP contribution in [0.3, 0.4) is 0 Å². The van der Waals surface area contributed by atoms with E-state index in [0.29, 0.717) is 51.3 Å². The van der Waals surface area contributed by atoms with Crippen LogP contribution in [0.1, 0.15) is 144 Å². The van der Waals surface area contributed by atoms with Crippen molar-refractivity contribution in [2.75, 3.05) is 26.4 Å². The first-order valence-corrected chi connectivity index (χ1v) is 20.0. The lowest BCUT2D eigenvalue weighted by Gasteiger charge is -2.48. The number of alkyl halides is 2. The van der Waals surface area contributed by atoms with Gasteiger partial charge < -0.3 is 23.4 Å². The molecular formula is C36H50F2N2O6Si. The van der Waals surface area contributed by atoms with Gasteiger partial charge in [-0.1, -0.05) is 40.7 Å². The molecule has 8 nitrogen and oxygen atoms in total. The maximum absolute atomic E-state index is 13.6. The topological polar surface area (TPSA) is 89.0 Å². The molecule has 0 bridgehead atoms. The molecule has 6 rings (SSSR count). The first-order chi connectivity index (χ1) is 22.0. The lowest BCUT2D eigenvalue weighted by molar-refractivity contribution is -0.156. The van der Waals surface area contributed by atoms with Crippen LogP contribution >= 0.6 is 0 Å². The Morgan fingerprint density at radius 2 is 1.68 bits per heavy atom. The van der Waals surface area contributed by atoms with Gasteiger partial charge in [0.25, 0.3) is 6.43 Å². The van der Waals surface area contributed by atoms with E-state index >= 15 is 0 Å². The number of rotatable bonds is 6. The monoisotopic (exact) mass is 672 g/mol. The van der Waals surface area contributed by atoms with Crippen molar-refractivity contribution in [3.63, 3.8) is 0 Å². The first kappa shape index (κ1) is 34.5. The highest BCUT2D eigenvalue weighted by molar-refractivity contribution is 6.74. The average molecular weight is 673 g/mol. The molecule has 4 aliphatic rings. The number of carbonyl (C=O) groups is 1. The number of carbonyl (C=O) groups excluding carboxylic acids is 1. The summed E-state index contributed by atoms with van der Waals surface area (Å²) in [6.45, 7) is 19.2. The van der Waals surface area contributed by atoms with E-state index in [9.17, 15) is 13.6 Å². The van der Waals surface area contributed by atoms with Crippen molar-refractivity contribution in [2.24, 2.45) is 5.41 Å². The molecule has 2 aromatic rings. The van der Waals surface area contributed by atoms with Crippen molar-refractivity contribution in [3.8, 4) is 0 Å². The largest absolute Gasteiger partial charge is 0.455 e. The van der Waals surface area contributed by atoms with Gasteiger partial charge in [0.15, 0.2) is 8.32 Å². The van der Waals surface area contributed by atoms with Crippen molar-refractivity contribution in [2.45, 2.75) is 128 Å². The van der Waals surface area contributed by atoms with Crippen LogP contribution in [0.25, 0.3) is 0 Å². The van der Waals surface area contributed by atoms with Crippen molar-refractivity contribution < 1.29 is 36.9 Å². The van der Waals surface area contributed by atoms with E-state index in [1.807, 2.05) is 0 Å². The molecule has 0 aromatic carbocycles. The molecule has 1 aliphatic carbocycles. The third kappa shape index (κ3) is 6.31. The molecule has 3 aliphatic heterocycles. The van der Waals surface area contributed by atoms with Crippen LogP contribution in [0.2, 0.25) is 18.1 Å². The third-order valence-electron chi connectivity index (χ3n) is 11.2. The zero-order valence-corrected chi connectivity index (χ0v) is 30.1. The standard InChI is InChI=1S/C36H50F2N2O6Si/c1-21(41)44-32-30-26(25(19-35(32,5)6)46-47(7,8)34(2,3)4)28-27(29(40-30)22-11-15-42-16-12-22)31(45-36(28)13-17-43-18-14-36)23-9-10-24(33(37)38)39-20-23/h9-10,20,22,25,31-33H,11-19H2,1-8H3. The molecule has 3 unspecified atom stereocenters. The van der Waals surface area contributed by atoms with Crippen LogP contribution in [-0.4, -0.2) is 50.7 Å². The molecule has 2 saturated heterocycles. The summed E-state index contributed by atoms with van der Waals surface area (Å²) in [6.07, 6.45) is 0.865. The summed E-state index contributed by atoms with van der Waals surface area (Å²) in [4.78, 5) is 22.4. The molecule has 0 saturated carbocycles. The van der Waals surface area contributed by atoms with Crippen LogP contribution in [-0.2, 0) is 33.8 Å². The number of hydrogen-bond acceptors (Lipinski definition) is 8. The van der Waals surface area contributed by atoms with Crippen LogP contribution in [0.4, 0.5) is 8.78 Å². The predicted octanol–water partition coefficient (Wildman–Crippen LogP) is 8.53. The second kappa shape index (κ2) is 12.5. The number of aromatic nitrogens is 2. The summed E-state index contributed by atoms with van der Waals surface area (Å²) in [6, 6.07) is 3.10. The maximum Gasteiger partial charge on any atom is 0.303 e. The highest BCUT2D eigenvalue weighted by Gasteiger charge is 2.56. The van der Waals surface area contributed by atoms with E-state index in [0.717, 1.165) is 40.9 Å². The Morgan fingerprint density at radius 1 is 1.02 bits per heavy atom. The molecule has 258 valence electrons. The SMILES string of the molecule is CC(=O)OC1c2nc(C3CCOCC3)c3c(c2C(O[Si](C)(C)C(C)(C)C)CC1(C)C)C1(CCOCC1)OC3c1ccc(C(F)F)nc1. The zero-order valence-electron chi connectivity index (χ0n) is 29.1. The second-order valence-corrected chi connectivity index (χ2v) is 20.7. The summed E-state index contributed by atoms with van der Waals surface area (Å²) >= 11 is 0. The van der Waals surface area contributed by atoms with Crippen molar-refractivity contribution >= 4 is 14.3 Å². The van der Waals surface area contributed by atoms with Crippen LogP contribution in [0, 0.1) is 5.41 Å². The van der Waals surface area contributed by atoms with E-state index in [1.54, 1.807) is 6.07 Å². The molecule has 2 fully saturated rings. The minimum absolute atomic E-state index is 0.0454. The summed E-state index contributed by atoms with van der Waals surface area (Å²) in [5, 5.41) is -0.0454. The quantitative estimate of drug-likeness (QED) is 0.223. The normalized spacial score (nSPS) is 25.9. The Balaban J connectivity index is 1.67. The molecular weight excluding hydrogens is 622 g/mol. The van der Waals surface area contributed by atoms with Gasteiger partial charge in [0.1, 0.15) is 17.9 Å². The molecule has 0 radical (unpaired) electrons. The van der Waals surface area contributed by atoms with Crippen LogP contribution < -0.4 is 0 Å². The van der Waals surface area contributed by atoms with Gasteiger partial charge in [-0.15, -0.1) is 0 Å². The summed E-state index contributed by atoms with van der Waals surface area (Å²) in [7, 11) is -2.31. The Kier molecular flexibility index (Phi) is 9.21. The smallest absolute Gasteiger partial charge is 0.303 e. The van der Waals surface area contributed by atoms with Crippen molar-refractivity contribution in [3.05, 3.63) is 57.7 Å². The molecule has 1 spiro atoms. The highest BCUT2D eigenvalue weighted by Crippen LogP contribution is 2.61. The van der Waals surface area contributed by atoms with Gasteiger partial charge in [-0.2, -0.15) is 0 Å². The van der Waals surface area contributed by atoms with E-state index < -0.39 is 38.0 Å². The van der Waals surface area contributed by atoms with Crippen LogP contribution in [0.15, 0.2) is 18.3 Å². The predicted molar refractivity (Wildman–Crippen MR) is 175 cm³/mol. The Bertz CT molecular complexity index is 1480. The number of esters is 1. The molecule has 0 N–H and O–H groups in total.